The van der Waals surface area contributed by atoms with Crippen LogP contribution in [-0.4, -0.2) is 22.2 Å². The summed E-state index contributed by atoms with van der Waals surface area (Å²) in [7, 11) is 0. The van der Waals surface area contributed by atoms with Crippen LogP contribution in [0.1, 0.15) is 23.6 Å². The second kappa shape index (κ2) is 7.31. The number of nitrogens with zero attached hydrogens (tertiary/aromatic N) is 2. The van der Waals surface area contributed by atoms with E-state index in [1.807, 2.05) is 0 Å². The molecule has 2 aromatic carbocycles. The van der Waals surface area contributed by atoms with Crippen LogP contribution in [0.4, 0.5) is 17.1 Å². The Labute approximate surface area is 149 Å². The fourth-order valence-electron chi connectivity index (χ4n) is 2.34. The number of halogens is 1. The van der Waals surface area contributed by atoms with Crippen molar-refractivity contribution in [3.8, 4) is 5.75 Å². The molecule has 0 aliphatic heterocycles. The monoisotopic (exact) mass is 361 g/mol. The van der Waals surface area contributed by atoms with Gasteiger partial charge in [-0.05, 0) is 43.7 Å². The molecule has 0 atom stereocenters. The standard InChI is InChI=1S/C17H16ClN3O4/c1-9-14(17(23)16(21(24)25)10(2)15(9)18)8-19-12-4-6-13(7-5-12)20-11(3)22/h4-8,23H,1-3H3,(H,20,22). The van der Waals surface area contributed by atoms with Crippen LogP contribution in [0.5, 0.6) is 5.75 Å². The summed E-state index contributed by atoms with van der Waals surface area (Å²) >= 11 is 6.14. The minimum Gasteiger partial charge on any atom is -0.502 e. The van der Waals surface area contributed by atoms with Gasteiger partial charge in [-0.3, -0.25) is 19.9 Å². The summed E-state index contributed by atoms with van der Waals surface area (Å²) in [5.41, 5.74) is 1.64. The Morgan fingerprint density at radius 2 is 1.88 bits per heavy atom. The highest BCUT2D eigenvalue weighted by molar-refractivity contribution is 6.33. The molecule has 0 aromatic heterocycles. The van der Waals surface area contributed by atoms with E-state index < -0.39 is 16.4 Å². The molecule has 0 saturated carbocycles. The topological polar surface area (TPSA) is 105 Å². The number of nitro benzene ring substituents is 1. The number of anilines is 1. The number of hydrogen-bond donors (Lipinski definition) is 2. The first kappa shape index (κ1) is 18.4. The van der Waals surface area contributed by atoms with Crippen LogP contribution in [0.2, 0.25) is 5.02 Å². The molecule has 0 saturated heterocycles. The van der Waals surface area contributed by atoms with Gasteiger partial charge < -0.3 is 10.4 Å². The Kier molecular flexibility index (Phi) is 5.38. The average Bonchev–Trinajstić information content (AvgIpc) is 2.53. The number of hydrogen-bond acceptors (Lipinski definition) is 5. The van der Waals surface area contributed by atoms with Gasteiger partial charge in [0.05, 0.1) is 15.6 Å². The molecule has 1 amide bonds. The molecule has 25 heavy (non-hydrogen) atoms. The first-order valence-electron chi connectivity index (χ1n) is 7.30. The van der Waals surface area contributed by atoms with Gasteiger partial charge in [-0.1, -0.05) is 11.6 Å². The van der Waals surface area contributed by atoms with Crippen molar-refractivity contribution in [2.45, 2.75) is 20.8 Å². The van der Waals surface area contributed by atoms with Crippen molar-refractivity contribution in [3.63, 3.8) is 0 Å². The van der Waals surface area contributed by atoms with Crippen LogP contribution in [0.25, 0.3) is 0 Å². The number of aliphatic imine (C=N–C) groups is 1. The van der Waals surface area contributed by atoms with Crippen molar-refractivity contribution in [3.05, 3.63) is 56.1 Å². The number of carbonyl (C=O) groups excluding carboxylic acids is 1. The number of rotatable bonds is 4. The number of nitrogens with one attached hydrogen (secondary N) is 1. The molecule has 0 radical (unpaired) electrons. The van der Waals surface area contributed by atoms with E-state index in [1.165, 1.54) is 20.1 Å². The smallest absolute Gasteiger partial charge is 0.315 e. The predicted molar refractivity (Wildman–Crippen MR) is 97.2 cm³/mol. The maximum Gasteiger partial charge on any atom is 0.315 e. The number of phenols is 1. The molecule has 8 heteroatoms. The van der Waals surface area contributed by atoms with Crippen molar-refractivity contribution < 1.29 is 14.8 Å². The van der Waals surface area contributed by atoms with Gasteiger partial charge in [0.25, 0.3) is 0 Å². The summed E-state index contributed by atoms with van der Waals surface area (Å²) in [6.07, 6.45) is 1.33. The Bertz CT molecular complexity index is 877. The number of benzene rings is 2. The zero-order valence-corrected chi connectivity index (χ0v) is 14.6. The molecule has 2 N–H and O–H groups in total. The van der Waals surface area contributed by atoms with E-state index in [0.29, 0.717) is 16.9 Å². The SMILES string of the molecule is CC(=O)Nc1ccc(N=Cc2c(C)c(Cl)c(C)c([N+](=O)[O-])c2O)cc1. The van der Waals surface area contributed by atoms with Crippen LogP contribution in [0.15, 0.2) is 29.3 Å². The normalized spacial score (nSPS) is 10.9. The fourth-order valence-corrected chi connectivity index (χ4v) is 2.53. The summed E-state index contributed by atoms with van der Waals surface area (Å²) in [5.74, 6) is -0.651. The average molecular weight is 362 g/mol. The van der Waals surface area contributed by atoms with E-state index in [9.17, 15) is 20.0 Å². The minimum atomic E-state index is -0.671. The summed E-state index contributed by atoms with van der Waals surface area (Å²) in [4.78, 5) is 25.7. The molecule has 0 spiro atoms. The van der Waals surface area contributed by atoms with E-state index in [4.69, 9.17) is 11.6 Å². The minimum absolute atomic E-state index is 0.182. The molecule has 0 bridgehead atoms. The summed E-state index contributed by atoms with van der Waals surface area (Å²) in [6, 6.07) is 6.67. The van der Waals surface area contributed by atoms with Gasteiger partial charge in [-0.2, -0.15) is 0 Å². The first-order valence-corrected chi connectivity index (χ1v) is 7.68. The van der Waals surface area contributed by atoms with E-state index in [2.05, 4.69) is 10.3 Å². The number of nitro groups is 1. The van der Waals surface area contributed by atoms with Crippen molar-refractivity contribution in [1.29, 1.82) is 0 Å². The third-order valence-electron chi connectivity index (χ3n) is 3.61. The highest BCUT2D eigenvalue weighted by atomic mass is 35.5. The highest BCUT2D eigenvalue weighted by Gasteiger charge is 2.25. The first-order chi connectivity index (χ1) is 11.7. The zero-order valence-electron chi connectivity index (χ0n) is 13.8. The van der Waals surface area contributed by atoms with Crippen LogP contribution >= 0.6 is 11.6 Å². The molecule has 0 fully saturated rings. The molecule has 0 heterocycles. The number of aromatic hydroxyl groups is 1. The van der Waals surface area contributed by atoms with Gasteiger partial charge in [-0.25, -0.2) is 0 Å². The van der Waals surface area contributed by atoms with Crippen LogP contribution in [0, 0.1) is 24.0 Å². The number of carbonyl (C=O) groups is 1. The van der Waals surface area contributed by atoms with E-state index in [1.54, 1.807) is 31.2 Å². The van der Waals surface area contributed by atoms with Gasteiger partial charge in [0.15, 0.2) is 0 Å². The molecular formula is C17H16ClN3O4. The predicted octanol–water partition coefficient (Wildman–Crippen LogP) is 4.28. The van der Waals surface area contributed by atoms with Crippen LogP contribution in [-0.2, 0) is 4.79 Å². The van der Waals surface area contributed by atoms with Gasteiger partial charge in [0, 0.05) is 30.0 Å². The van der Waals surface area contributed by atoms with Gasteiger partial charge in [-0.15, -0.1) is 0 Å². The van der Waals surface area contributed by atoms with E-state index >= 15 is 0 Å². The molecule has 2 rings (SSSR count). The molecule has 0 aliphatic carbocycles. The number of amides is 1. The third kappa shape index (κ3) is 3.95. The van der Waals surface area contributed by atoms with Crippen molar-refractivity contribution in [2.75, 3.05) is 5.32 Å². The lowest BCUT2D eigenvalue weighted by Gasteiger charge is -2.10. The molecule has 2 aromatic rings. The quantitative estimate of drug-likeness (QED) is 0.481. The van der Waals surface area contributed by atoms with E-state index in [0.717, 1.165) is 0 Å². The lowest BCUT2D eigenvalue weighted by molar-refractivity contribution is -0.386. The van der Waals surface area contributed by atoms with Gasteiger partial charge in [0.1, 0.15) is 0 Å². The molecule has 0 unspecified atom stereocenters. The fraction of sp³-hybridized carbons (Fsp3) is 0.176. The van der Waals surface area contributed by atoms with Crippen LogP contribution in [0.3, 0.4) is 0 Å². The highest BCUT2D eigenvalue weighted by Crippen LogP contribution is 2.40. The van der Waals surface area contributed by atoms with Crippen molar-refractivity contribution >= 4 is 40.8 Å². The summed E-state index contributed by atoms with van der Waals surface area (Å²) in [6.45, 7) is 4.54. The largest absolute Gasteiger partial charge is 0.502 e. The second-order valence-electron chi connectivity index (χ2n) is 5.42. The van der Waals surface area contributed by atoms with E-state index in [-0.39, 0.29) is 22.1 Å². The maximum atomic E-state index is 11.2. The Hall–Kier alpha value is -2.93. The van der Waals surface area contributed by atoms with Crippen molar-refractivity contribution in [2.24, 2.45) is 4.99 Å². The Morgan fingerprint density at radius 3 is 2.40 bits per heavy atom. The van der Waals surface area contributed by atoms with Crippen molar-refractivity contribution in [1.82, 2.24) is 0 Å². The van der Waals surface area contributed by atoms with Gasteiger partial charge >= 0.3 is 5.69 Å². The lowest BCUT2D eigenvalue weighted by atomic mass is 10.0. The number of phenolic OH excluding ortho intramolecular Hbond substituents is 1. The molecular weight excluding hydrogens is 346 g/mol. The Morgan fingerprint density at radius 1 is 1.28 bits per heavy atom. The molecule has 7 nitrogen and oxygen atoms in total. The second-order valence-corrected chi connectivity index (χ2v) is 5.80. The third-order valence-corrected chi connectivity index (χ3v) is 4.18. The summed E-state index contributed by atoms with van der Waals surface area (Å²) in [5, 5.41) is 24.2. The summed E-state index contributed by atoms with van der Waals surface area (Å²) < 4.78 is 0. The lowest BCUT2D eigenvalue weighted by Crippen LogP contribution is -2.04. The molecule has 130 valence electrons. The Balaban J connectivity index is 2.41. The maximum absolute atomic E-state index is 11.2. The van der Waals surface area contributed by atoms with Gasteiger partial charge in [0.2, 0.25) is 11.7 Å². The molecule has 0 aliphatic rings. The van der Waals surface area contributed by atoms with Crippen LogP contribution < -0.4 is 5.32 Å². The zero-order chi connectivity index (χ0) is 18.7.